The zero-order chi connectivity index (χ0) is 12.7. The van der Waals surface area contributed by atoms with Gasteiger partial charge in [0.2, 0.25) is 11.6 Å². The van der Waals surface area contributed by atoms with E-state index in [1.807, 2.05) is 0 Å². The fraction of sp³-hybridized carbons (Fsp3) is 0. The molecule has 4 nitrogen and oxygen atoms in total. The minimum absolute atomic E-state index is 0.0642. The molecule has 0 saturated carbocycles. The second-order valence-electron chi connectivity index (χ2n) is 3.23. The largest absolute Gasteiger partial charge is 0.287 e. The van der Waals surface area contributed by atoms with E-state index in [-0.39, 0.29) is 27.0 Å². The van der Waals surface area contributed by atoms with Crippen molar-refractivity contribution < 1.29 is 9.59 Å². The standard InChI is InChI=1S/C11H6Cl2N2O2/c1-3-5-6-9(15(4-2)14-5)11(17)8(13)7(12)10(6)16/h3-4H,1-2H2. The fourth-order valence-electron chi connectivity index (χ4n) is 1.58. The molecule has 0 unspecified atom stereocenters. The average molecular weight is 269 g/mol. The Morgan fingerprint density at radius 1 is 1.12 bits per heavy atom. The molecular formula is C11H6Cl2N2O2. The summed E-state index contributed by atoms with van der Waals surface area (Å²) in [7, 11) is 0. The van der Waals surface area contributed by atoms with Crippen molar-refractivity contribution in [3.05, 3.63) is 40.2 Å². The minimum Gasteiger partial charge on any atom is -0.287 e. The molecule has 1 aromatic heterocycles. The monoisotopic (exact) mass is 268 g/mol. The maximum atomic E-state index is 11.9. The second kappa shape index (κ2) is 3.98. The molecule has 0 saturated heterocycles. The molecule has 0 bridgehead atoms. The van der Waals surface area contributed by atoms with E-state index < -0.39 is 11.6 Å². The molecule has 0 N–H and O–H groups in total. The molecule has 1 aliphatic rings. The predicted molar refractivity (Wildman–Crippen MR) is 66.1 cm³/mol. The van der Waals surface area contributed by atoms with Crippen molar-refractivity contribution in [3.63, 3.8) is 0 Å². The molecule has 1 aliphatic carbocycles. The molecule has 0 amide bonds. The molecule has 0 radical (unpaired) electrons. The Morgan fingerprint density at radius 3 is 2.24 bits per heavy atom. The van der Waals surface area contributed by atoms with Gasteiger partial charge in [0.15, 0.2) is 0 Å². The van der Waals surface area contributed by atoms with Gasteiger partial charge in [0.05, 0.1) is 11.3 Å². The third-order valence-electron chi connectivity index (χ3n) is 2.34. The first-order valence-electron chi connectivity index (χ1n) is 4.55. The van der Waals surface area contributed by atoms with Crippen LogP contribution in [0.1, 0.15) is 26.5 Å². The van der Waals surface area contributed by atoms with Crippen LogP contribution in [-0.2, 0) is 0 Å². The number of ketones is 2. The van der Waals surface area contributed by atoms with E-state index in [4.69, 9.17) is 23.2 Å². The summed E-state index contributed by atoms with van der Waals surface area (Å²) < 4.78 is 1.19. The normalized spacial score (nSPS) is 14.9. The van der Waals surface area contributed by atoms with Crippen LogP contribution >= 0.6 is 23.2 Å². The summed E-state index contributed by atoms with van der Waals surface area (Å²) in [5.41, 5.74) is 0.453. The smallest absolute Gasteiger partial charge is 0.225 e. The number of halogens is 2. The van der Waals surface area contributed by atoms with E-state index in [1.54, 1.807) is 0 Å². The highest BCUT2D eigenvalue weighted by Gasteiger charge is 2.36. The molecule has 86 valence electrons. The summed E-state index contributed by atoms with van der Waals surface area (Å²) >= 11 is 11.4. The van der Waals surface area contributed by atoms with Gasteiger partial charge in [-0.05, 0) is 6.08 Å². The first kappa shape index (κ1) is 11.8. The third-order valence-corrected chi connectivity index (χ3v) is 3.16. The van der Waals surface area contributed by atoms with Crippen LogP contribution in [-0.4, -0.2) is 21.3 Å². The Morgan fingerprint density at radius 2 is 1.71 bits per heavy atom. The van der Waals surface area contributed by atoms with E-state index in [0.29, 0.717) is 0 Å². The van der Waals surface area contributed by atoms with Crippen molar-refractivity contribution in [2.75, 3.05) is 0 Å². The van der Waals surface area contributed by atoms with E-state index in [0.717, 1.165) is 0 Å². The van der Waals surface area contributed by atoms with Gasteiger partial charge in [-0.15, -0.1) is 0 Å². The summed E-state index contributed by atoms with van der Waals surface area (Å²) in [4.78, 5) is 23.8. The van der Waals surface area contributed by atoms with Gasteiger partial charge in [-0.2, -0.15) is 5.10 Å². The Hall–Kier alpha value is -1.65. The molecular weight excluding hydrogens is 263 g/mol. The molecule has 0 aromatic carbocycles. The molecule has 1 heterocycles. The van der Waals surface area contributed by atoms with Gasteiger partial charge < -0.3 is 0 Å². The van der Waals surface area contributed by atoms with Crippen molar-refractivity contribution in [3.8, 4) is 0 Å². The van der Waals surface area contributed by atoms with Gasteiger partial charge in [-0.25, -0.2) is 4.68 Å². The molecule has 0 spiro atoms. The van der Waals surface area contributed by atoms with Gasteiger partial charge in [0.1, 0.15) is 15.8 Å². The zero-order valence-electron chi connectivity index (χ0n) is 8.54. The van der Waals surface area contributed by atoms with Crippen LogP contribution in [0.15, 0.2) is 23.2 Å². The van der Waals surface area contributed by atoms with Gasteiger partial charge in [0, 0.05) is 6.20 Å². The number of hydrogen-bond acceptors (Lipinski definition) is 3. The number of aromatic nitrogens is 2. The maximum absolute atomic E-state index is 11.9. The molecule has 17 heavy (non-hydrogen) atoms. The molecule has 0 atom stereocenters. The maximum Gasteiger partial charge on any atom is 0.225 e. The number of nitrogens with zero attached hydrogens (tertiary/aromatic N) is 2. The Labute approximate surface area is 107 Å². The molecule has 0 fully saturated rings. The van der Waals surface area contributed by atoms with E-state index in [1.165, 1.54) is 17.0 Å². The van der Waals surface area contributed by atoms with Crippen LogP contribution in [0, 0.1) is 0 Å². The summed E-state index contributed by atoms with van der Waals surface area (Å²) in [6, 6.07) is 0. The zero-order valence-corrected chi connectivity index (χ0v) is 10.0. The first-order chi connectivity index (χ1) is 8.02. The third kappa shape index (κ3) is 1.49. The number of hydrogen-bond donors (Lipinski definition) is 0. The summed E-state index contributed by atoms with van der Waals surface area (Å²) in [5, 5.41) is 3.39. The molecule has 2 rings (SSSR count). The van der Waals surface area contributed by atoms with E-state index in [2.05, 4.69) is 18.3 Å². The Bertz CT molecular complexity index is 561. The van der Waals surface area contributed by atoms with Crippen LogP contribution in [0.4, 0.5) is 0 Å². The SMILES string of the molecule is C=Cc1nn(C=C)c2c1C(=O)C(Cl)=C(Cl)C2=O. The van der Waals surface area contributed by atoms with Crippen molar-refractivity contribution in [1.82, 2.24) is 9.78 Å². The summed E-state index contributed by atoms with van der Waals surface area (Å²) in [5.74, 6) is -1.08. The van der Waals surface area contributed by atoms with Gasteiger partial charge in [-0.3, -0.25) is 9.59 Å². The Kier molecular flexibility index (Phi) is 2.77. The van der Waals surface area contributed by atoms with Gasteiger partial charge >= 0.3 is 0 Å². The lowest BCUT2D eigenvalue weighted by molar-refractivity contribution is 0.0983. The predicted octanol–water partition coefficient (Wildman–Crippen LogP) is 2.69. The topological polar surface area (TPSA) is 52.0 Å². The van der Waals surface area contributed by atoms with Crippen LogP contribution < -0.4 is 0 Å². The van der Waals surface area contributed by atoms with E-state index in [9.17, 15) is 9.59 Å². The fourth-order valence-corrected chi connectivity index (χ4v) is 1.94. The number of allylic oxidation sites excluding steroid dienone is 2. The van der Waals surface area contributed by atoms with Crippen LogP contribution in [0.2, 0.25) is 0 Å². The molecule has 0 aliphatic heterocycles. The Balaban J connectivity index is 2.85. The van der Waals surface area contributed by atoms with Crippen molar-refractivity contribution in [2.24, 2.45) is 0 Å². The quantitative estimate of drug-likeness (QED) is 0.829. The lowest BCUT2D eigenvalue weighted by Gasteiger charge is -2.11. The second-order valence-corrected chi connectivity index (χ2v) is 3.98. The number of carbonyl (C=O) groups excluding carboxylic acids is 2. The van der Waals surface area contributed by atoms with Crippen LogP contribution in [0.5, 0.6) is 0 Å². The lowest BCUT2D eigenvalue weighted by Crippen LogP contribution is -2.19. The van der Waals surface area contributed by atoms with Crippen molar-refractivity contribution in [2.45, 2.75) is 0 Å². The van der Waals surface area contributed by atoms with Crippen LogP contribution in [0.3, 0.4) is 0 Å². The summed E-state index contributed by atoms with van der Waals surface area (Å²) in [6.07, 6.45) is 2.67. The van der Waals surface area contributed by atoms with Crippen LogP contribution in [0.25, 0.3) is 12.3 Å². The minimum atomic E-state index is -0.549. The number of carbonyl (C=O) groups is 2. The highest BCUT2D eigenvalue weighted by Crippen LogP contribution is 2.32. The average Bonchev–Trinajstić information content (AvgIpc) is 2.72. The van der Waals surface area contributed by atoms with E-state index >= 15 is 0 Å². The number of rotatable bonds is 2. The van der Waals surface area contributed by atoms with Gasteiger partial charge in [-0.1, -0.05) is 36.4 Å². The highest BCUT2D eigenvalue weighted by atomic mass is 35.5. The summed E-state index contributed by atoms with van der Waals surface area (Å²) in [6.45, 7) is 7.03. The van der Waals surface area contributed by atoms with Gasteiger partial charge in [0.25, 0.3) is 0 Å². The number of Topliss-reactive ketones (excluding diaryl/α,β-unsaturated/α-hetero) is 2. The molecule has 6 heteroatoms. The highest BCUT2D eigenvalue weighted by molar-refractivity contribution is 6.59. The lowest BCUT2D eigenvalue weighted by atomic mass is 9.99. The molecule has 1 aromatic rings. The van der Waals surface area contributed by atoms with Crippen molar-refractivity contribution >= 4 is 47.0 Å². The number of fused-ring (bicyclic) bond motifs is 1. The first-order valence-corrected chi connectivity index (χ1v) is 5.30. The van der Waals surface area contributed by atoms with Crippen molar-refractivity contribution in [1.29, 1.82) is 0 Å².